The largest absolute Gasteiger partial charge is 0.326 e. The van der Waals surface area contributed by atoms with E-state index in [1.54, 1.807) is 0 Å². The third-order valence-electron chi connectivity index (χ3n) is 3.85. The maximum Gasteiger partial charge on any atom is 0.117 e. The molecule has 1 atom stereocenters. The quantitative estimate of drug-likeness (QED) is 0.873. The van der Waals surface area contributed by atoms with Crippen molar-refractivity contribution in [3.05, 3.63) is 35.9 Å². The van der Waals surface area contributed by atoms with Crippen LogP contribution in [-0.4, -0.2) is 34.4 Å². The molecule has 0 saturated carbocycles. The number of hydrogen-bond acceptors (Lipinski definition) is 3. The summed E-state index contributed by atoms with van der Waals surface area (Å²) in [6, 6.07) is 4.22. The lowest BCUT2D eigenvalue weighted by Gasteiger charge is -2.28. The Bertz CT molecular complexity index is 546. The summed E-state index contributed by atoms with van der Waals surface area (Å²) in [5, 5.41) is 0. The van der Waals surface area contributed by atoms with E-state index in [9.17, 15) is 0 Å². The van der Waals surface area contributed by atoms with Gasteiger partial charge >= 0.3 is 0 Å². The van der Waals surface area contributed by atoms with Crippen LogP contribution in [0.15, 0.2) is 24.5 Å². The Hall–Kier alpha value is -1.39. The van der Waals surface area contributed by atoms with Crippen molar-refractivity contribution >= 4 is 5.52 Å². The second-order valence-electron chi connectivity index (χ2n) is 5.25. The highest BCUT2D eigenvalue weighted by molar-refractivity contribution is 5.48. The third kappa shape index (κ3) is 2.02. The van der Waals surface area contributed by atoms with Crippen molar-refractivity contribution in [2.45, 2.75) is 25.3 Å². The Morgan fingerprint density at radius 2 is 2.39 bits per heavy atom. The second-order valence-corrected chi connectivity index (χ2v) is 5.25. The molecule has 0 spiro atoms. The fourth-order valence-electron chi connectivity index (χ4n) is 2.87. The van der Waals surface area contributed by atoms with E-state index in [2.05, 4.69) is 39.7 Å². The van der Waals surface area contributed by atoms with Gasteiger partial charge in [-0.1, -0.05) is 0 Å². The fraction of sp³-hybridized carbons (Fsp3) is 0.500. The summed E-state index contributed by atoms with van der Waals surface area (Å²) in [7, 11) is 2.19. The predicted molar refractivity (Wildman–Crippen MR) is 72.6 cm³/mol. The lowest BCUT2D eigenvalue weighted by molar-refractivity contribution is 0.245. The van der Waals surface area contributed by atoms with Crippen LogP contribution in [0.2, 0.25) is 0 Å². The summed E-state index contributed by atoms with van der Waals surface area (Å²) in [6.45, 7) is 2.90. The van der Waals surface area contributed by atoms with Crippen molar-refractivity contribution in [3.8, 4) is 0 Å². The number of imidazole rings is 1. The molecule has 4 nitrogen and oxygen atoms in total. The second kappa shape index (κ2) is 4.71. The Morgan fingerprint density at radius 1 is 1.50 bits per heavy atom. The first-order valence-electron chi connectivity index (χ1n) is 6.62. The van der Waals surface area contributed by atoms with Gasteiger partial charge in [-0.3, -0.25) is 0 Å². The molecular formula is C14H20N4. The van der Waals surface area contributed by atoms with Crippen LogP contribution in [0.5, 0.6) is 0 Å². The number of hydrogen-bond donors (Lipinski definition) is 1. The molecule has 18 heavy (non-hydrogen) atoms. The van der Waals surface area contributed by atoms with Crippen molar-refractivity contribution in [1.29, 1.82) is 0 Å². The van der Waals surface area contributed by atoms with Crippen LogP contribution in [0.25, 0.3) is 5.52 Å². The van der Waals surface area contributed by atoms with Gasteiger partial charge in [-0.25, -0.2) is 4.98 Å². The van der Waals surface area contributed by atoms with Gasteiger partial charge in [0.15, 0.2) is 0 Å². The molecule has 1 aliphatic rings. The monoisotopic (exact) mass is 244 g/mol. The van der Waals surface area contributed by atoms with Gasteiger partial charge in [0.1, 0.15) is 5.82 Å². The van der Waals surface area contributed by atoms with Crippen molar-refractivity contribution in [2.75, 3.05) is 20.1 Å². The molecule has 2 N–H and O–H groups in total. The molecule has 4 heteroatoms. The van der Waals surface area contributed by atoms with Gasteiger partial charge in [0.05, 0.1) is 11.7 Å². The Labute approximate surface area is 107 Å². The minimum absolute atomic E-state index is 0.551. The number of rotatable bonds is 2. The highest BCUT2D eigenvalue weighted by atomic mass is 15.1. The minimum atomic E-state index is 0.551. The number of fused-ring (bicyclic) bond motifs is 1. The summed E-state index contributed by atoms with van der Waals surface area (Å²) in [5.41, 5.74) is 7.99. The van der Waals surface area contributed by atoms with Crippen LogP contribution < -0.4 is 5.73 Å². The molecule has 1 unspecified atom stereocenters. The maximum atomic E-state index is 5.67. The van der Waals surface area contributed by atoms with Crippen molar-refractivity contribution < 1.29 is 0 Å². The number of nitrogens with zero attached hydrogens (tertiary/aromatic N) is 3. The molecule has 96 valence electrons. The van der Waals surface area contributed by atoms with Crippen LogP contribution in [0.4, 0.5) is 0 Å². The highest BCUT2D eigenvalue weighted by Gasteiger charge is 2.22. The molecule has 1 saturated heterocycles. The standard InChI is InChI=1S/C14H20N4/c1-17-5-2-3-12(10-17)14-16-9-13-7-11(8-15)4-6-18(13)14/h4,6-7,9,12H,2-3,5,8,10,15H2,1H3. The number of likely N-dealkylation sites (N-methyl/N-ethyl adjacent to an activating group) is 1. The molecule has 3 rings (SSSR count). The summed E-state index contributed by atoms with van der Waals surface area (Å²) < 4.78 is 2.21. The summed E-state index contributed by atoms with van der Waals surface area (Å²) in [6.07, 6.45) is 6.57. The van der Waals surface area contributed by atoms with E-state index in [0.717, 1.165) is 17.6 Å². The number of likely N-dealkylation sites (tertiary alicyclic amines) is 1. The van der Waals surface area contributed by atoms with Gasteiger partial charge in [-0.2, -0.15) is 0 Å². The Morgan fingerprint density at radius 3 is 3.17 bits per heavy atom. The average molecular weight is 244 g/mol. The molecule has 0 radical (unpaired) electrons. The number of piperidine rings is 1. The van der Waals surface area contributed by atoms with Crippen LogP contribution in [0.1, 0.15) is 30.1 Å². The van der Waals surface area contributed by atoms with Crippen LogP contribution in [0, 0.1) is 0 Å². The van der Waals surface area contributed by atoms with Gasteiger partial charge in [0.25, 0.3) is 0 Å². The molecule has 0 amide bonds. The van der Waals surface area contributed by atoms with Crippen molar-refractivity contribution in [1.82, 2.24) is 14.3 Å². The van der Waals surface area contributed by atoms with Gasteiger partial charge < -0.3 is 15.0 Å². The van der Waals surface area contributed by atoms with Crippen molar-refractivity contribution in [2.24, 2.45) is 5.73 Å². The lowest BCUT2D eigenvalue weighted by atomic mass is 9.98. The molecule has 1 aliphatic heterocycles. The minimum Gasteiger partial charge on any atom is -0.326 e. The molecule has 0 aliphatic carbocycles. The van der Waals surface area contributed by atoms with E-state index < -0.39 is 0 Å². The van der Waals surface area contributed by atoms with E-state index in [1.165, 1.54) is 25.2 Å². The Balaban J connectivity index is 1.97. The zero-order chi connectivity index (χ0) is 12.5. The van der Waals surface area contributed by atoms with Gasteiger partial charge in [-0.05, 0) is 44.1 Å². The van der Waals surface area contributed by atoms with Crippen LogP contribution in [-0.2, 0) is 6.54 Å². The Kier molecular flexibility index (Phi) is 3.06. The molecule has 2 aromatic heterocycles. The highest BCUT2D eigenvalue weighted by Crippen LogP contribution is 2.26. The maximum absolute atomic E-state index is 5.67. The number of nitrogens with two attached hydrogens (primary N) is 1. The molecule has 1 fully saturated rings. The van der Waals surface area contributed by atoms with E-state index in [-0.39, 0.29) is 0 Å². The topological polar surface area (TPSA) is 46.6 Å². The van der Waals surface area contributed by atoms with Crippen LogP contribution >= 0.6 is 0 Å². The molecule has 0 bridgehead atoms. The lowest BCUT2D eigenvalue weighted by Crippen LogP contribution is -2.31. The van der Waals surface area contributed by atoms with Crippen molar-refractivity contribution in [3.63, 3.8) is 0 Å². The molecule has 3 heterocycles. The van der Waals surface area contributed by atoms with E-state index >= 15 is 0 Å². The first kappa shape index (κ1) is 11.7. The zero-order valence-corrected chi connectivity index (χ0v) is 10.8. The van der Waals surface area contributed by atoms with E-state index in [4.69, 9.17) is 5.73 Å². The summed E-state index contributed by atoms with van der Waals surface area (Å²) in [4.78, 5) is 7.02. The zero-order valence-electron chi connectivity index (χ0n) is 10.8. The summed E-state index contributed by atoms with van der Waals surface area (Å²) >= 11 is 0. The number of pyridine rings is 1. The molecule has 0 aromatic carbocycles. The average Bonchev–Trinajstić information content (AvgIpc) is 2.81. The van der Waals surface area contributed by atoms with Gasteiger partial charge in [0.2, 0.25) is 0 Å². The van der Waals surface area contributed by atoms with Gasteiger partial charge in [-0.15, -0.1) is 0 Å². The van der Waals surface area contributed by atoms with Crippen LogP contribution in [0.3, 0.4) is 0 Å². The number of aromatic nitrogens is 2. The van der Waals surface area contributed by atoms with Gasteiger partial charge in [0, 0.05) is 25.2 Å². The summed E-state index contributed by atoms with van der Waals surface area (Å²) in [5.74, 6) is 1.75. The third-order valence-corrected chi connectivity index (χ3v) is 3.85. The van der Waals surface area contributed by atoms with E-state index in [0.29, 0.717) is 12.5 Å². The predicted octanol–water partition coefficient (Wildman–Crippen LogP) is 1.60. The first-order chi connectivity index (χ1) is 8.78. The first-order valence-corrected chi connectivity index (χ1v) is 6.62. The fourth-order valence-corrected chi connectivity index (χ4v) is 2.87. The smallest absolute Gasteiger partial charge is 0.117 e. The molecule has 2 aromatic rings. The molecular weight excluding hydrogens is 224 g/mol. The SMILES string of the molecule is CN1CCCC(c2ncc3cc(CN)ccn23)C1. The normalized spacial score (nSPS) is 21.6. The van der Waals surface area contributed by atoms with E-state index in [1.807, 2.05) is 6.20 Å².